The van der Waals surface area contributed by atoms with Crippen molar-refractivity contribution in [3.8, 4) is 0 Å². The molecule has 0 bridgehead atoms. The second kappa shape index (κ2) is 4.22. The molecule has 0 saturated heterocycles. The Morgan fingerprint density at radius 1 is 1.16 bits per heavy atom. The fourth-order valence-corrected chi connectivity index (χ4v) is 3.40. The lowest BCUT2D eigenvalue weighted by atomic mass is 9.92. The Balaban J connectivity index is 1.95. The van der Waals surface area contributed by atoms with Gasteiger partial charge in [-0.1, -0.05) is 12.1 Å². The van der Waals surface area contributed by atoms with E-state index in [9.17, 15) is 0 Å². The van der Waals surface area contributed by atoms with Crippen molar-refractivity contribution in [3.63, 3.8) is 0 Å². The molecule has 1 N–H and O–H groups in total. The molecule has 2 aliphatic carbocycles. The van der Waals surface area contributed by atoms with Crippen LogP contribution in [0, 0.1) is 0 Å². The molecule has 0 radical (unpaired) electrons. The van der Waals surface area contributed by atoms with Gasteiger partial charge in [0.05, 0.1) is 5.52 Å². The number of fused-ring (bicyclic) bond motifs is 2. The first kappa shape index (κ1) is 11.3. The van der Waals surface area contributed by atoms with E-state index in [4.69, 9.17) is 4.98 Å². The normalized spacial score (nSPS) is 18.4. The van der Waals surface area contributed by atoms with Crippen LogP contribution in [0.5, 0.6) is 0 Å². The van der Waals surface area contributed by atoms with E-state index in [0.29, 0.717) is 0 Å². The minimum absolute atomic E-state index is 0.806. The van der Waals surface area contributed by atoms with Gasteiger partial charge in [0, 0.05) is 23.8 Å². The molecule has 0 atom stereocenters. The van der Waals surface area contributed by atoms with Crippen LogP contribution in [0.25, 0.3) is 10.9 Å². The van der Waals surface area contributed by atoms with E-state index >= 15 is 0 Å². The number of anilines is 1. The van der Waals surface area contributed by atoms with E-state index in [1.54, 1.807) is 0 Å². The topological polar surface area (TPSA) is 24.9 Å². The summed E-state index contributed by atoms with van der Waals surface area (Å²) in [5, 5.41) is 4.72. The van der Waals surface area contributed by atoms with Crippen molar-refractivity contribution in [2.75, 3.05) is 12.4 Å². The maximum atomic E-state index is 4.96. The molecular weight excluding hydrogens is 232 g/mol. The third-order valence-corrected chi connectivity index (χ3v) is 4.59. The largest absolute Gasteiger partial charge is 0.387 e. The predicted molar refractivity (Wildman–Crippen MR) is 79.9 cm³/mol. The van der Waals surface area contributed by atoms with Gasteiger partial charge in [0.25, 0.3) is 0 Å². The SMILES string of the molecule is CNc1c2c(nc3cc(C4CC4)ccc13)CCCC2. The highest BCUT2D eigenvalue weighted by Crippen LogP contribution is 2.42. The number of aromatic nitrogens is 1. The standard InChI is InChI=1S/C17H20N2/c1-18-17-13-4-2-3-5-15(13)19-16-10-12(11-6-7-11)8-9-14(16)17/h8-11H,2-7H2,1H3,(H,18,19). The number of nitrogens with zero attached hydrogens (tertiary/aromatic N) is 1. The average molecular weight is 252 g/mol. The highest BCUT2D eigenvalue weighted by atomic mass is 14.9. The number of aryl methyl sites for hydroxylation is 1. The van der Waals surface area contributed by atoms with Gasteiger partial charge < -0.3 is 5.32 Å². The molecule has 2 aromatic rings. The summed E-state index contributed by atoms with van der Waals surface area (Å²) in [6.45, 7) is 0. The molecule has 2 aliphatic rings. The van der Waals surface area contributed by atoms with Crippen LogP contribution >= 0.6 is 0 Å². The van der Waals surface area contributed by atoms with Crippen LogP contribution in [-0.4, -0.2) is 12.0 Å². The summed E-state index contributed by atoms with van der Waals surface area (Å²) >= 11 is 0. The van der Waals surface area contributed by atoms with Crippen molar-refractivity contribution in [2.45, 2.75) is 44.4 Å². The molecule has 2 nitrogen and oxygen atoms in total. The second-order valence-corrected chi connectivity index (χ2v) is 5.92. The summed E-state index contributed by atoms with van der Waals surface area (Å²) in [5.74, 6) is 0.806. The highest BCUT2D eigenvalue weighted by molar-refractivity contribution is 5.94. The Labute approximate surface area is 114 Å². The van der Waals surface area contributed by atoms with Crippen molar-refractivity contribution in [3.05, 3.63) is 35.0 Å². The number of rotatable bonds is 2. The van der Waals surface area contributed by atoms with Gasteiger partial charge >= 0.3 is 0 Å². The summed E-state index contributed by atoms with van der Waals surface area (Å²) < 4.78 is 0. The molecule has 0 aliphatic heterocycles. The Morgan fingerprint density at radius 2 is 2.00 bits per heavy atom. The third kappa shape index (κ3) is 1.81. The summed E-state index contributed by atoms with van der Waals surface area (Å²) in [6, 6.07) is 6.90. The maximum Gasteiger partial charge on any atom is 0.0729 e. The van der Waals surface area contributed by atoms with Crippen molar-refractivity contribution in [1.29, 1.82) is 0 Å². The number of hydrogen-bond acceptors (Lipinski definition) is 2. The van der Waals surface area contributed by atoms with E-state index < -0.39 is 0 Å². The zero-order valence-electron chi connectivity index (χ0n) is 11.5. The Morgan fingerprint density at radius 3 is 2.79 bits per heavy atom. The summed E-state index contributed by atoms with van der Waals surface area (Å²) in [7, 11) is 2.04. The van der Waals surface area contributed by atoms with Crippen LogP contribution in [0.2, 0.25) is 0 Å². The number of hydrogen-bond donors (Lipinski definition) is 1. The summed E-state index contributed by atoms with van der Waals surface area (Å²) in [5.41, 5.74) is 6.78. The molecule has 1 aromatic carbocycles. The molecule has 1 heterocycles. The average Bonchev–Trinajstić information content (AvgIpc) is 3.28. The molecule has 0 spiro atoms. The lowest BCUT2D eigenvalue weighted by Crippen LogP contribution is -2.09. The predicted octanol–water partition coefficient (Wildman–Crippen LogP) is 4.03. The van der Waals surface area contributed by atoms with E-state index in [2.05, 4.69) is 23.5 Å². The second-order valence-electron chi connectivity index (χ2n) is 5.92. The van der Waals surface area contributed by atoms with Crippen molar-refractivity contribution in [1.82, 2.24) is 4.98 Å². The van der Waals surface area contributed by atoms with Crippen LogP contribution in [0.3, 0.4) is 0 Å². The molecule has 1 fully saturated rings. The Kier molecular flexibility index (Phi) is 2.51. The van der Waals surface area contributed by atoms with E-state index in [-0.39, 0.29) is 0 Å². The molecule has 4 rings (SSSR count). The van der Waals surface area contributed by atoms with E-state index in [1.165, 1.54) is 65.5 Å². The lowest BCUT2D eigenvalue weighted by Gasteiger charge is -2.20. The van der Waals surface area contributed by atoms with Crippen LogP contribution in [0.1, 0.15) is 48.4 Å². The lowest BCUT2D eigenvalue weighted by molar-refractivity contribution is 0.672. The van der Waals surface area contributed by atoms with Gasteiger partial charge in [-0.25, -0.2) is 0 Å². The molecule has 1 saturated carbocycles. The summed E-state index contributed by atoms with van der Waals surface area (Å²) in [4.78, 5) is 4.96. The zero-order chi connectivity index (χ0) is 12.8. The minimum Gasteiger partial charge on any atom is -0.387 e. The zero-order valence-corrected chi connectivity index (χ0v) is 11.5. The van der Waals surface area contributed by atoms with Gasteiger partial charge in [-0.2, -0.15) is 0 Å². The van der Waals surface area contributed by atoms with Crippen molar-refractivity contribution >= 4 is 16.6 Å². The quantitative estimate of drug-likeness (QED) is 0.872. The molecular formula is C17H20N2. The maximum absolute atomic E-state index is 4.96. The highest BCUT2D eigenvalue weighted by Gasteiger charge is 2.24. The molecule has 2 heteroatoms. The number of benzene rings is 1. The monoisotopic (exact) mass is 252 g/mol. The number of pyridine rings is 1. The van der Waals surface area contributed by atoms with Crippen LogP contribution in [0.15, 0.2) is 18.2 Å². The Bertz CT molecular complexity index is 641. The molecule has 0 amide bonds. The van der Waals surface area contributed by atoms with E-state index in [0.717, 1.165) is 12.3 Å². The first-order chi connectivity index (χ1) is 9.36. The molecule has 0 unspecified atom stereocenters. The number of nitrogens with one attached hydrogen (secondary N) is 1. The smallest absolute Gasteiger partial charge is 0.0729 e. The Hall–Kier alpha value is -1.57. The van der Waals surface area contributed by atoms with E-state index in [1.807, 2.05) is 7.05 Å². The van der Waals surface area contributed by atoms with Crippen molar-refractivity contribution < 1.29 is 0 Å². The van der Waals surface area contributed by atoms with Gasteiger partial charge in [-0.15, -0.1) is 0 Å². The van der Waals surface area contributed by atoms with Crippen molar-refractivity contribution in [2.24, 2.45) is 0 Å². The first-order valence-electron chi connectivity index (χ1n) is 7.50. The van der Waals surface area contributed by atoms with Gasteiger partial charge in [0.1, 0.15) is 0 Å². The first-order valence-corrected chi connectivity index (χ1v) is 7.50. The molecule has 19 heavy (non-hydrogen) atoms. The molecule has 98 valence electrons. The van der Waals surface area contributed by atoms with Gasteiger partial charge in [-0.3, -0.25) is 4.98 Å². The minimum atomic E-state index is 0.806. The van der Waals surface area contributed by atoms with Crippen LogP contribution < -0.4 is 5.32 Å². The summed E-state index contributed by atoms with van der Waals surface area (Å²) in [6.07, 6.45) is 7.63. The van der Waals surface area contributed by atoms with Gasteiger partial charge in [0.15, 0.2) is 0 Å². The van der Waals surface area contributed by atoms with Crippen LogP contribution in [0.4, 0.5) is 5.69 Å². The van der Waals surface area contributed by atoms with Gasteiger partial charge in [0.2, 0.25) is 0 Å². The van der Waals surface area contributed by atoms with Gasteiger partial charge in [-0.05, 0) is 61.6 Å². The fourth-order valence-electron chi connectivity index (χ4n) is 3.40. The van der Waals surface area contributed by atoms with Crippen LogP contribution in [-0.2, 0) is 12.8 Å². The fraction of sp³-hybridized carbons (Fsp3) is 0.471. The molecule has 1 aromatic heterocycles. The third-order valence-electron chi connectivity index (χ3n) is 4.59.